The van der Waals surface area contributed by atoms with E-state index in [1.807, 2.05) is 0 Å². The Hall–Kier alpha value is -10.2. The van der Waals surface area contributed by atoms with E-state index >= 15 is 0 Å². The first kappa shape index (κ1) is 43.4. The van der Waals surface area contributed by atoms with Gasteiger partial charge in [-0.05, 0) is 135 Å². The molecule has 0 radical (unpaired) electrons. The molecule has 0 aliphatic heterocycles. The lowest BCUT2D eigenvalue weighted by Gasteiger charge is -2.28. The van der Waals surface area contributed by atoms with Gasteiger partial charge < -0.3 is 14.4 Å². The zero-order valence-corrected chi connectivity index (χ0v) is 41.4. The predicted molar refractivity (Wildman–Crippen MR) is 320 cm³/mol. The van der Waals surface area contributed by atoms with Gasteiger partial charge in [-0.25, -0.2) is 4.98 Å². The van der Waals surface area contributed by atoms with Crippen LogP contribution in [0.5, 0.6) is 0 Å². The molecular weight excluding hydrogens is 923 g/mol. The number of hydrogen-bond acceptors (Lipinski definition) is 3. The van der Waals surface area contributed by atoms with Crippen LogP contribution in [0.1, 0.15) is 0 Å². The molecule has 2 heterocycles. The largest absolute Gasteiger partial charge is 0.310 e. The van der Waals surface area contributed by atoms with Crippen molar-refractivity contribution in [2.45, 2.75) is 0 Å². The zero-order valence-electron chi connectivity index (χ0n) is 41.4. The fraction of sp³-hybridized carbons (Fsp3) is 0. The van der Waals surface area contributed by atoms with Crippen molar-refractivity contribution in [2.24, 2.45) is 0 Å². The zero-order chi connectivity index (χ0) is 50.1. The van der Waals surface area contributed by atoms with E-state index in [4.69, 9.17) is 4.98 Å². The van der Waals surface area contributed by atoms with Crippen LogP contribution in [-0.4, -0.2) is 14.1 Å². The highest BCUT2D eigenvalue weighted by Gasteiger charge is 2.23. The Kier molecular flexibility index (Phi) is 10.1. The van der Waals surface area contributed by atoms with Gasteiger partial charge in [-0.1, -0.05) is 182 Å². The first-order chi connectivity index (χ1) is 37.7. The van der Waals surface area contributed by atoms with Crippen molar-refractivity contribution < 1.29 is 0 Å². The number of rotatable bonds is 9. The molecule has 0 N–H and O–H groups in total. The van der Waals surface area contributed by atoms with Gasteiger partial charge in [0.1, 0.15) is 5.82 Å². The number of hydrogen-bond donors (Lipinski definition) is 0. The molecule has 0 atom stereocenters. The molecule has 15 aromatic rings. The first-order valence-corrected chi connectivity index (χ1v) is 25.9. The summed E-state index contributed by atoms with van der Waals surface area (Å²) >= 11 is 0. The second-order valence-electron chi connectivity index (χ2n) is 19.6. The van der Waals surface area contributed by atoms with Crippen LogP contribution in [0, 0.1) is 0 Å². The molecule has 76 heavy (non-hydrogen) atoms. The van der Waals surface area contributed by atoms with E-state index in [-0.39, 0.29) is 0 Å². The Morgan fingerprint density at radius 1 is 0.263 bits per heavy atom. The Labute approximate surface area is 439 Å². The minimum atomic E-state index is 0.907. The number of benzene rings is 13. The third-order valence-corrected chi connectivity index (χ3v) is 15.2. The molecule has 2 aromatic heterocycles. The normalized spacial score (nSPS) is 11.7. The van der Waals surface area contributed by atoms with Crippen LogP contribution in [0.15, 0.2) is 285 Å². The van der Waals surface area contributed by atoms with Gasteiger partial charge in [0.25, 0.3) is 0 Å². The van der Waals surface area contributed by atoms with E-state index in [1.54, 1.807) is 0 Å². The third-order valence-electron chi connectivity index (χ3n) is 15.2. The standard InChI is InChI=1S/C71H47N5/c1-4-20-50(21-5-1)71-72-65-42-38-58(47-70(65)76(71)54-26-8-3-9-27-54)74(67-33-17-23-49-19-11-13-29-62(49)67)56-37-41-60-52(45-56)35-34-51-44-55(36-40-59(51)60)73(66-32-16-22-48-18-10-12-28-61(48)66)57-39-43-69-64(46-57)63-30-14-15-31-68(63)75(69)53-24-6-2-7-25-53/h1-47H. The molecule has 0 amide bonds. The van der Waals surface area contributed by atoms with Crippen LogP contribution in [0.3, 0.4) is 0 Å². The van der Waals surface area contributed by atoms with E-state index in [1.165, 1.54) is 59.5 Å². The van der Waals surface area contributed by atoms with Gasteiger partial charge in [-0.3, -0.25) is 4.57 Å². The summed E-state index contributed by atoms with van der Waals surface area (Å²) in [6.07, 6.45) is 0. The predicted octanol–water partition coefficient (Wildman–Crippen LogP) is 19.3. The molecule has 5 heteroatoms. The van der Waals surface area contributed by atoms with E-state index in [0.717, 1.165) is 73.3 Å². The molecule has 15 rings (SSSR count). The van der Waals surface area contributed by atoms with Crippen LogP contribution >= 0.6 is 0 Å². The number of nitrogens with zero attached hydrogens (tertiary/aromatic N) is 5. The molecule has 0 aliphatic rings. The Morgan fingerprint density at radius 2 is 0.724 bits per heavy atom. The molecule has 0 spiro atoms. The summed E-state index contributed by atoms with van der Waals surface area (Å²) in [5.41, 5.74) is 14.1. The summed E-state index contributed by atoms with van der Waals surface area (Å²) in [4.78, 5) is 10.1. The lowest BCUT2D eigenvalue weighted by molar-refractivity contribution is 1.10. The molecule has 0 saturated heterocycles. The van der Waals surface area contributed by atoms with Crippen LogP contribution in [0.2, 0.25) is 0 Å². The summed E-state index contributed by atoms with van der Waals surface area (Å²) in [7, 11) is 0. The van der Waals surface area contributed by atoms with Crippen LogP contribution in [0.25, 0.3) is 98.7 Å². The third kappa shape index (κ3) is 7.13. The van der Waals surface area contributed by atoms with Crippen molar-refractivity contribution in [3.05, 3.63) is 285 Å². The van der Waals surface area contributed by atoms with Crippen LogP contribution in [-0.2, 0) is 0 Å². The fourth-order valence-corrected chi connectivity index (χ4v) is 11.8. The van der Waals surface area contributed by atoms with E-state index in [9.17, 15) is 0 Å². The molecule has 0 bridgehead atoms. The average molecular weight is 970 g/mol. The maximum Gasteiger partial charge on any atom is 0.145 e. The smallest absolute Gasteiger partial charge is 0.145 e. The van der Waals surface area contributed by atoms with Crippen molar-refractivity contribution in [1.29, 1.82) is 0 Å². The van der Waals surface area contributed by atoms with Gasteiger partial charge in [0, 0.05) is 61.2 Å². The molecule has 0 saturated carbocycles. The Morgan fingerprint density at radius 3 is 1.34 bits per heavy atom. The molecule has 0 fully saturated rings. The molecule has 0 aliphatic carbocycles. The van der Waals surface area contributed by atoms with Gasteiger partial charge in [0.2, 0.25) is 0 Å². The molecule has 0 unspecified atom stereocenters. The maximum absolute atomic E-state index is 5.26. The number of fused-ring (bicyclic) bond motifs is 9. The highest BCUT2D eigenvalue weighted by Crippen LogP contribution is 2.46. The topological polar surface area (TPSA) is 29.2 Å². The summed E-state index contributed by atoms with van der Waals surface area (Å²) in [6, 6.07) is 103. The van der Waals surface area contributed by atoms with Crippen molar-refractivity contribution in [1.82, 2.24) is 14.1 Å². The van der Waals surface area contributed by atoms with Crippen molar-refractivity contribution in [3.63, 3.8) is 0 Å². The van der Waals surface area contributed by atoms with E-state index in [2.05, 4.69) is 304 Å². The average Bonchev–Trinajstić information content (AvgIpc) is 4.08. The monoisotopic (exact) mass is 969 g/mol. The lowest BCUT2D eigenvalue weighted by Crippen LogP contribution is -2.11. The van der Waals surface area contributed by atoms with Gasteiger partial charge in [-0.15, -0.1) is 0 Å². The number of para-hydroxylation sites is 3. The SMILES string of the molecule is c1ccc(-c2nc3ccc(N(c4ccc5c(ccc6cc(N(c7ccc8c(c7)c7ccccc7n8-c7ccccc7)c7cccc8ccccc78)ccc65)c4)c4cccc5ccccc45)cc3n2-c2ccccc2)cc1. The van der Waals surface area contributed by atoms with Gasteiger partial charge in [0.05, 0.1) is 33.4 Å². The van der Waals surface area contributed by atoms with Gasteiger partial charge in [0.15, 0.2) is 0 Å². The molecule has 5 nitrogen and oxygen atoms in total. The maximum atomic E-state index is 5.26. The second kappa shape index (κ2) is 17.8. The van der Waals surface area contributed by atoms with Crippen molar-refractivity contribution in [2.75, 3.05) is 9.80 Å². The minimum Gasteiger partial charge on any atom is -0.310 e. The Balaban J connectivity index is 0.886. The van der Waals surface area contributed by atoms with Crippen LogP contribution < -0.4 is 9.80 Å². The Bertz CT molecular complexity index is 4700. The first-order valence-electron chi connectivity index (χ1n) is 25.9. The molecule has 13 aromatic carbocycles. The summed E-state index contributed by atoms with van der Waals surface area (Å²) in [5.74, 6) is 0.907. The van der Waals surface area contributed by atoms with Crippen molar-refractivity contribution >= 4 is 110 Å². The number of anilines is 6. The van der Waals surface area contributed by atoms with Gasteiger partial charge >= 0.3 is 0 Å². The summed E-state index contributed by atoms with van der Waals surface area (Å²) in [6.45, 7) is 0. The highest BCUT2D eigenvalue weighted by atomic mass is 15.2. The summed E-state index contributed by atoms with van der Waals surface area (Å²) < 4.78 is 4.67. The number of imidazole rings is 1. The lowest BCUT2D eigenvalue weighted by atomic mass is 9.99. The molecular formula is C71H47N5. The fourth-order valence-electron chi connectivity index (χ4n) is 11.8. The minimum absolute atomic E-state index is 0.907. The molecule has 356 valence electrons. The quantitative estimate of drug-likeness (QED) is 0.135. The second-order valence-corrected chi connectivity index (χ2v) is 19.6. The van der Waals surface area contributed by atoms with Crippen LogP contribution in [0.4, 0.5) is 34.1 Å². The van der Waals surface area contributed by atoms with Gasteiger partial charge in [-0.2, -0.15) is 0 Å². The van der Waals surface area contributed by atoms with E-state index < -0.39 is 0 Å². The highest BCUT2D eigenvalue weighted by molar-refractivity contribution is 6.13. The van der Waals surface area contributed by atoms with Crippen molar-refractivity contribution in [3.8, 4) is 22.8 Å². The van der Waals surface area contributed by atoms with E-state index in [0.29, 0.717) is 0 Å². The summed E-state index contributed by atoms with van der Waals surface area (Å²) in [5, 5.41) is 11.9. The number of aromatic nitrogens is 3.